The number of hydrogen-bond acceptors (Lipinski definition) is 7. The Bertz CT molecular complexity index is 1040. The number of aromatic nitrogens is 3. The van der Waals surface area contributed by atoms with Crippen molar-refractivity contribution in [2.24, 2.45) is 0 Å². The van der Waals surface area contributed by atoms with Crippen LogP contribution in [0, 0.1) is 6.92 Å². The summed E-state index contributed by atoms with van der Waals surface area (Å²) in [5, 5.41) is 8.58. The van der Waals surface area contributed by atoms with E-state index in [0.29, 0.717) is 31.0 Å². The maximum atomic E-state index is 11.5. The van der Waals surface area contributed by atoms with E-state index < -0.39 is 0 Å². The summed E-state index contributed by atoms with van der Waals surface area (Å²) >= 11 is 0. The molecule has 1 aromatic carbocycles. The van der Waals surface area contributed by atoms with Gasteiger partial charge in [0.2, 0.25) is 0 Å². The van der Waals surface area contributed by atoms with Crippen molar-refractivity contribution in [3.05, 3.63) is 35.2 Å². The first kappa shape index (κ1) is 31.8. The van der Waals surface area contributed by atoms with Crippen LogP contribution in [0.5, 0.6) is 11.5 Å². The first-order valence-electron chi connectivity index (χ1n) is 13.5. The van der Waals surface area contributed by atoms with E-state index in [4.69, 9.17) is 26.8 Å². The second-order valence-corrected chi connectivity index (χ2v) is 12.0. The summed E-state index contributed by atoms with van der Waals surface area (Å²) in [7, 11) is 5.79. The van der Waals surface area contributed by atoms with Gasteiger partial charge in [-0.2, -0.15) is 0 Å². The summed E-state index contributed by atoms with van der Waals surface area (Å²) < 4.78 is 25.5. The number of rotatable bonds is 15. The Labute approximate surface area is 230 Å². The van der Waals surface area contributed by atoms with Gasteiger partial charge < -0.3 is 18.9 Å². The highest BCUT2D eigenvalue weighted by Crippen LogP contribution is 2.33. The average Bonchev–Trinajstić information content (AvgIpc) is 3.23. The van der Waals surface area contributed by atoms with Crippen LogP contribution in [0.15, 0.2) is 18.3 Å². The van der Waals surface area contributed by atoms with E-state index in [2.05, 4.69) is 58.8 Å². The Morgan fingerprint density at radius 1 is 1.03 bits per heavy atom. The minimum absolute atomic E-state index is 0.183. The number of hydrogen-bond donors (Lipinski definition) is 0. The van der Waals surface area contributed by atoms with Crippen LogP contribution in [0.3, 0.4) is 0 Å². The maximum Gasteiger partial charge on any atom is 0.308 e. The highest BCUT2D eigenvalue weighted by atomic mass is 16.6. The number of benzene rings is 1. The predicted molar refractivity (Wildman–Crippen MR) is 150 cm³/mol. The maximum absolute atomic E-state index is 11.5. The Morgan fingerprint density at radius 2 is 1.74 bits per heavy atom. The van der Waals surface area contributed by atoms with E-state index in [1.165, 1.54) is 6.92 Å². The van der Waals surface area contributed by atoms with Crippen LogP contribution in [0.25, 0.3) is 0 Å². The van der Waals surface area contributed by atoms with Gasteiger partial charge in [-0.1, -0.05) is 23.2 Å². The summed E-state index contributed by atoms with van der Waals surface area (Å²) in [6.45, 7) is 19.7. The standard InChI is InChI=1S/C29H46BN3O5/c1-21-17-23(19-30)18-25(26(21)37-22(2)34)35-15-10-11-24-20-33(32-31-24)14-12-28(6,7)36-16-13-29(8,9)38-27(3,4)5/h17-18,20H,10-16,19H2,1-9H3. The molecule has 0 unspecified atom stereocenters. The third kappa shape index (κ3) is 11.6. The van der Waals surface area contributed by atoms with Crippen molar-refractivity contribution in [1.29, 1.82) is 0 Å². The molecular formula is C29H46BN3O5. The van der Waals surface area contributed by atoms with Crippen LogP contribution < -0.4 is 9.47 Å². The van der Waals surface area contributed by atoms with Crippen LogP contribution in [-0.2, 0) is 33.6 Å². The van der Waals surface area contributed by atoms with E-state index in [1.54, 1.807) is 0 Å². The lowest BCUT2D eigenvalue weighted by molar-refractivity contribution is -0.133. The predicted octanol–water partition coefficient (Wildman–Crippen LogP) is 5.36. The molecule has 0 bridgehead atoms. The van der Waals surface area contributed by atoms with Gasteiger partial charge in [-0.05, 0) is 92.7 Å². The molecule has 38 heavy (non-hydrogen) atoms. The molecule has 0 saturated heterocycles. The molecule has 0 N–H and O–H groups in total. The van der Waals surface area contributed by atoms with E-state index in [9.17, 15) is 4.79 Å². The van der Waals surface area contributed by atoms with Crippen LogP contribution in [0.2, 0.25) is 0 Å². The second kappa shape index (κ2) is 13.6. The lowest BCUT2D eigenvalue weighted by Crippen LogP contribution is -2.37. The van der Waals surface area contributed by atoms with E-state index in [1.807, 2.05) is 29.9 Å². The molecule has 0 fully saturated rings. The quantitative estimate of drug-likeness (QED) is 0.133. The molecule has 1 aromatic heterocycles. The lowest BCUT2D eigenvalue weighted by atomic mass is 9.95. The molecule has 2 rings (SSSR count). The fourth-order valence-corrected chi connectivity index (χ4v) is 4.22. The van der Waals surface area contributed by atoms with Gasteiger partial charge in [0.1, 0.15) is 0 Å². The molecule has 0 spiro atoms. The summed E-state index contributed by atoms with van der Waals surface area (Å²) in [4.78, 5) is 11.5. The van der Waals surface area contributed by atoms with Gasteiger partial charge in [-0.3, -0.25) is 9.48 Å². The van der Waals surface area contributed by atoms with Gasteiger partial charge in [0, 0.05) is 19.7 Å². The molecule has 0 aliphatic heterocycles. The molecule has 0 aliphatic carbocycles. The normalized spacial score (nSPS) is 12.6. The topological polar surface area (TPSA) is 84.7 Å². The zero-order chi connectivity index (χ0) is 28.6. The van der Waals surface area contributed by atoms with Crippen LogP contribution >= 0.6 is 0 Å². The molecule has 9 heteroatoms. The zero-order valence-electron chi connectivity index (χ0n) is 24.8. The van der Waals surface area contributed by atoms with E-state index in [-0.39, 0.29) is 22.8 Å². The molecule has 1 heterocycles. The summed E-state index contributed by atoms with van der Waals surface area (Å²) in [6, 6.07) is 3.72. The Hall–Kier alpha value is -2.39. The Kier molecular flexibility index (Phi) is 11.4. The third-order valence-corrected chi connectivity index (χ3v) is 5.93. The van der Waals surface area contributed by atoms with E-state index in [0.717, 1.165) is 49.0 Å². The highest BCUT2D eigenvalue weighted by Gasteiger charge is 2.27. The summed E-state index contributed by atoms with van der Waals surface area (Å²) in [5.41, 5.74) is 1.93. The van der Waals surface area contributed by atoms with Gasteiger partial charge in [-0.15, -0.1) is 5.10 Å². The molecule has 0 amide bonds. The van der Waals surface area contributed by atoms with Gasteiger partial charge in [0.15, 0.2) is 11.5 Å². The molecule has 2 radical (unpaired) electrons. The molecule has 0 atom stereocenters. The Balaban J connectivity index is 1.79. The fraction of sp³-hybridized carbons (Fsp3) is 0.690. The SMILES string of the molecule is [B]Cc1cc(C)c(OC(C)=O)c(OCCCc2cn(CCC(C)(C)OCCC(C)(C)OC(C)(C)C)nn2)c1. The average molecular weight is 528 g/mol. The first-order chi connectivity index (χ1) is 17.6. The fourth-order valence-electron chi connectivity index (χ4n) is 4.22. The molecule has 8 nitrogen and oxygen atoms in total. The van der Waals surface area contributed by atoms with Crippen LogP contribution in [-0.4, -0.2) is 58.8 Å². The van der Waals surface area contributed by atoms with Gasteiger partial charge in [0.05, 0.1) is 43.6 Å². The number of ether oxygens (including phenoxy) is 4. The summed E-state index contributed by atoms with van der Waals surface area (Å²) in [5.74, 6) is 0.581. The van der Waals surface area contributed by atoms with Crippen LogP contribution in [0.1, 0.15) is 91.5 Å². The zero-order valence-corrected chi connectivity index (χ0v) is 24.8. The highest BCUT2D eigenvalue weighted by molar-refractivity contribution is 6.08. The number of carbonyl (C=O) groups is 1. The van der Waals surface area contributed by atoms with Crippen molar-refractivity contribution in [3.63, 3.8) is 0 Å². The largest absolute Gasteiger partial charge is 0.490 e. The van der Waals surface area contributed by atoms with Gasteiger partial charge in [0.25, 0.3) is 0 Å². The van der Waals surface area contributed by atoms with Crippen molar-refractivity contribution in [1.82, 2.24) is 15.0 Å². The second-order valence-electron chi connectivity index (χ2n) is 12.0. The smallest absolute Gasteiger partial charge is 0.308 e. The van der Waals surface area contributed by atoms with Crippen molar-refractivity contribution < 1.29 is 23.7 Å². The number of esters is 1. The monoisotopic (exact) mass is 527 g/mol. The summed E-state index contributed by atoms with van der Waals surface area (Å²) in [6.07, 6.45) is 5.45. The van der Waals surface area contributed by atoms with Crippen molar-refractivity contribution in [2.45, 2.75) is 118 Å². The van der Waals surface area contributed by atoms with E-state index >= 15 is 0 Å². The Morgan fingerprint density at radius 3 is 2.37 bits per heavy atom. The van der Waals surface area contributed by atoms with Crippen molar-refractivity contribution in [3.8, 4) is 11.5 Å². The number of aryl methyl sites for hydroxylation is 3. The third-order valence-electron chi connectivity index (χ3n) is 5.93. The lowest BCUT2D eigenvalue weighted by Gasteiger charge is -2.35. The molecule has 2 aromatic rings. The number of nitrogens with zero attached hydrogens (tertiary/aromatic N) is 3. The first-order valence-corrected chi connectivity index (χ1v) is 13.5. The molecular weight excluding hydrogens is 481 g/mol. The van der Waals surface area contributed by atoms with Crippen LogP contribution in [0.4, 0.5) is 0 Å². The minimum atomic E-state index is -0.387. The van der Waals surface area contributed by atoms with Crippen molar-refractivity contribution >= 4 is 13.8 Å². The van der Waals surface area contributed by atoms with Crippen molar-refractivity contribution in [2.75, 3.05) is 13.2 Å². The van der Waals surface area contributed by atoms with Gasteiger partial charge in [-0.25, -0.2) is 0 Å². The number of carbonyl (C=O) groups excluding carboxylic acids is 1. The molecule has 210 valence electrons. The minimum Gasteiger partial charge on any atom is -0.490 e. The molecule has 0 aliphatic rings. The van der Waals surface area contributed by atoms with Gasteiger partial charge >= 0.3 is 5.97 Å². The molecule has 0 saturated carbocycles.